The maximum Gasteiger partial charge on any atom is 0.252 e. The molecule has 0 spiro atoms. The van der Waals surface area contributed by atoms with E-state index in [2.05, 4.69) is 295 Å². The SMILES string of the molecule is c1ccc(N2c3ccccc3B3c4ccccc4N(c4ccc5c(c4)[Si](c4ccccc4)(c4ccccc4)c4ccccc4-5)c4cc([Si](c5ccccc5)(c5ccccc5)c5ccccc5)cc2c43)cc1. The topological polar surface area (TPSA) is 6.48 Å². The van der Waals surface area contributed by atoms with Crippen LogP contribution in [0, 0.1) is 0 Å². The molecule has 0 saturated carbocycles. The van der Waals surface area contributed by atoms with Gasteiger partial charge in [-0.2, -0.15) is 0 Å². The summed E-state index contributed by atoms with van der Waals surface area (Å²) in [6.07, 6.45) is 0. The first-order chi connectivity index (χ1) is 35.3. The number of para-hydroxylation sites is 3. The lowest BCUT2D eigenvalue weighted by atomic mass is 9.33. The van der Waals surface area contributed by atoms with Gasteiger partial charge in [0.05, 0.1) is 0 Å². The van der Waals surface area contributed by atoms with E-state index >= 15 is 0 Å². The van der Waals surface area contributed by atoms with Gasteiger partial charge < -0.3 is 9.80 Å². The van der Waals surface area contributed by atoms with E-state index in [1.54, 1.807) is 0 Å². The van der Waals surface area contributed by atoms with Crippen molar-refractivity contribution in [3.05, 3.63) is 285 Å². The molecule has 0 aliphatic carbocycles. The van der Waals surface area contributed by atoms with Gasteiger partial charge in [-0.05, 0) is 118 Å². The van der Waals surface area contributed by atoms with Crippen molar-refractivity contribution in [3.63, 3.8) is 0 Å². The predicted molar refractivity (Wildman–Crippen MR) is 307 cm³/mol. The molecule has 3 aliphatic heterocycles. The minimum atomic E-state index is -3.07. The fraction of sp³-hybridized carbons (Fsp3) is 0. The van der Waals surface area contributed by atoms with Crippen LogP contribution in [-0.2, 0) is 0 Å². The second kappa shape index (κ2) is 16.6. The first-order valence-corrected chi connectivity index (χ1v) is 28.8. The Hall–Kier alpha value is -8.48. The molecule has 0 radical (unpaired) electrons. The molecule has 0 amide bonds. The van der Waals surface area contributed by atoms with Crippen LogP contribution in [0.2, 0.25) is 0 Å². The number of fused-ring (bicyclic) bond motifs is 7. The molecule has 71 heavy (non-hydrogen) atoms. The lowest BCUT2D eigenvalue weighted by Gasteiger charge is -2.46. The smallest absolute Gasteiger partial charge is 0.252 e. The molecule has 2 nitrogen and oxygen atoms in total. The van der Waals surface area contributed by atoms with Gasteiger partial charge in [0, 0.05) is 34.1 Å². The summed E-state index contributed by atoms with van der Waals surface area (Å²) in [6, 6.07) is 108. The van der Waals surface area contributed by atoms with Gasteiger partial charge >= 0.3 is 0 Å². The molecule has 0 aromatic heterocycles. The average Bonchev–Trinajstić information content (AvgIpc) is 3.75. The van der Waals surface area contributed by atoms with Crippen molar-refractivity contribution < 1.29 is 0 Å². The van der Waals surface area contributed by atoms with Crippen LogP contribution in [0.1, 0.15) is 0 Å². The fourth-order valence-electron chi connectivity index (χ4n) is 12.9. The van der Waals surface area contributed by atoms with Crippen molar-refractivity contribution in [2.75, 3.05) is 9.80 Å². The molecule has 0 bridgehead atoms. The first-order valence-electron chi connectivity index (χ1n) is 24.8. The van der Waals surface area contributed by atoms with E-state index in [4.69, 9.17) is 0 Å². The molecule has 0 unspecified atom stereocenters. The third-order valence-corrected chi connectivity index (χ3v) is 25.3. The largest absolute Gasteiger partial charge is 0.311 e. The molecule has 0 saturated heterocycles. The van der Waals surface area contributed by atoms with Gasteiger partial charge in [0.1, 0.15) is 0 Å². The zero-order chi connectivity index (χ0) is 46.9. The number of hydrogen-bond acceptors (Lipinski definition) is 2. The fourth-order valence-corrected chi connectivity index (χ4v) is 22.9. The standard InChI is InChI=1S/C66H47BN2Si2/c1-7-25-48(26-8-1)68-60-40-22-20-38-58(60)67-59-39-21-23-41-61(59)69(49-43-44-57-56-37-19-24-42-64(56)71(65(57)45-49,53-33-15-5-16-34-53)54-35-17-6-18-36-54)63-47-55(46-62(68)66(63)67)70(50-27-9-2-10-28-50,51-29-11-3-12-30-51)52-31-13-4-14-32-52/h1-47H. The van der Waals surface area contributed by atoms with Gasteiger partial charge in [-0.25, -0.2) is 0 Å². The molecule has 11 aromatic carbocycles. The summed E-state index contributed by atoms with van der Waals surface area (Å²) >= 11 is 0. The highest BCUT2D eigenvalue weighted by Gasteiger charge is 2.51. The van der Waals surface area contributed by atoms with Crippen molar-refractivity contribution in [2.45, 2.75) is 0 Å². The molecule has 14 rings (SSSR count). The summed E-state index contributed by atoms with van der Waals surface area (Å²) in [5.74, 6) is 0. The van der Waals surface area contributed by atoms with Crippen LogP contribution < -0.4 is 67.7 Å². The van der Waals surface area contributed by atoms with Gasteiger partial charge in [0.2, 0.25) is 0 Å². The first kappa shape index (κ1) is 41.5. The van der Waals surface area contributed by atoms with Crippen molar-refractivity contribution in [3.8, 4) is 11.1 Å². The zero-order valence-corrected chi connectivity index (χ0v) is 41.1. The normalized spacial score (nSPS) is 13.7. The van der Waals surface area contributed by atoms with E-state index in [9.17, 15) is 0 Å². The maximum atomic E-state index is 2.64. The average molecular weight is 935 g/mol. The number of anilines is 6. The molecule has 0 N–H and O–H groups in total. The van der Waals surface area contributed by atoms with Crippen molar-refractivity contribution >= 4 is 115 Å². The molecule has 11 aromatic rings. The highest BCUT2D eigenvalue weighted by atomic mass is 28.3. The van der Waals surface area contributed by atoms with E-state index in [1.807, 2.05) is 0 Å². The van der Waals surface area contributed by atoms with Gasteiger partial charge in [0.25, 0.3) is 6.71 Å². The monoisotopic (exact) mass is 934 g/mol. The zero-order valence-electron chi connectivity index (χ0n) is 39.1. The Morgan fingerprint density at radius 1 is 0.296 bits per heavy atom. The molecule has 3 aliphatic rings. The Morgan fingerprint density at radius 2 is 0.704 bits per heavy atom. The third kappa shape index (κ3) is 6.07. The minimum absolute atomic E-state index is 0.000287. The molecule has 332 valence electrons. The lowest BCUT2D eigenvalue weighted by molar-refractivity contribution is 1.26. The van der Waals surface area contributed by atoms with E-state index in [1.165, 1.54) is 97.4 Å². The van der Waals surface area contributed by atoms with Crippen LogP contribution in [0.25, 0.3) is 11.1 Å². The molecule has 3 heterocycles. The second-order valence-corrected chi connectivity index (χ2v) is 26.6. The number of nitrogens with zero attached hydrogens (tertiary/aromatic N) is 2. The molecular formula is C66H47BN2Si2. The van der Waals surface area contributed by atoms with Gasteiger partial charge in [-0.1, -0.05) is 237 Å². The van der Waals surface area contributed by atoms with E-state index < -0.39 is 16.1 Å². The quantitative estimate of drug-likeness (QED) is 0.112. The summed E-state index contributed by atoms with van der Waals surface area (Å²) in [7, 11) is -5.89. The number of hydrogen-bond donors (Lipinski definition) is 0. The highest BCUT2D eigenvalue weighted by molar-refractivity contribution is 7.22. The van der Waals surface area contributed by atoms with Crippen molar-refractivity contribution in [1.29, 1.82) is 0 Å². The highest BCUT2D eigenvalue weighted by Crippen LogP contribution is 2.44. The van der Waals surface area contributed by atoms with E-state index in [-0.39, 0.29) is 6.71 Å². The van der Waals surface area contributed by atoms with Crippen LogP contribution in [0.3, 0.4) is 0 Å². The van der Waals surface area contributed by atoms with Crippen molar-refractivity contribution in [1.82, 2.24) is 0 Å². The predicted octanol–water partition coefficient (Wildman–Crippen LogP) is 8.50. The van der Waals surface area contributed by atoms with Gasteiger partial charge in [-0.15, -0.1) is 0 Å². The van der Waals surface area contributed by atoms with Crippen LogP contribution in [0.4, 0.5) is 34.1 Å². The Morgan fingerprint density at radius 3 is 1.23 bits per heavy atom. The molecular weight excluding hydrogens is 888 g/mol. The number of rotatable bonds is 8. The van der Waals surface area contributed by atoms with Crippen LogP contribution in [0.5, 0.6) is 0 Å². The van der Waals surface area contributed by atoms with Gasteiger partial charge in [-0.3, -0.25) is 0 Å². The third-order valence-electron chi connectivity index (χ3n) is 15.7. The van der Waals surface area contributed by atoms with Gasteiger partial charge in [0.15, 0.2) is 16.1 Å². The maximum absolute atomic E-state index is 3.07. The Balaban J connectivity index is 1.13. The van der Waals surface area contributed by atoms with Crippen LogP contribution in [-0.4, -0.2) is 22.9 Å². The van der Waals surface area contributed by atoms with Crippen LogP contribution in [0.15, 0.2) is 285 Å². The number of benzene rings is 11. The Kier molecular flexibility index (Phi) is 9.70. The summed E-state index contributed by atoms with van der Waals surface area (Å²) in [4.78, 5) is 5.20. The molecule has 0 atom stereocenters. The summed E-state index contributed by atoms with van der Waals surface area (Å²) < 4.78 is 0. The van der Waals surface area contributed by atoms with Crippen molar-refractivity contribution in [2.24, 2.45) is 0 Å². The Bertz CT molecular complexity index is 3640. The minimum Gasteiger partial charge on any atom is -0.311 e. The molecule has 0 fully saturated rings. The summed E-state index contributed by atoms with van der Waals surface area (Å²) in [5, 5.41) is 11.1. The van der Waals surface area contributed by atoms with E-state index in [0.29, 0.717) is 0 Å². The Labute approximate surface area is 418 Å². The molecule has 5 heteroatoms. The van der Waals surface area contributed by atoms with Crippen LogP contribution >= 0.6 is 0 Å². The summed E-state index contributed by atoms with van der Waals surface area (Å²) in [5.41, 5.74) is 13.8. The van der Waals surface area contributed by atoms with E-state index in [0.717, 1.165) is 5.69 Å². The summed E-state index contributed by atoms with van der Waals surface area (Å²) in [6.45, 7) is -0.000287. The second-order valence-electron chi connectivity index (χ2n) is 19.1. The lowest BCUT2D eigenvalue weighted by Crippen LogP contribution is -2.75.